The number of carbonyl (C=O) groups is 1. The van der Waals surface area contributed by atoms with Crippen LogP contribution in [0.3, 0.4) is 0 Å². The van der Waals surface area contributed by atoms with E-state index in [4.69, 9.17) is 0 Å². The molecule has 8 nitrogen and oxygen atoms in total. The van der Waals surface area contributed by atoms with Crippen LogP contribution < -0.4 is 0 Å². The average molecular weight is 337 g/mol. The molecule has 4 rings (SSSR count). The molecule has 128 valence electrons. The van der Waals surface area contributed by atoms with Crippen molar-refractivity contribution in [3.63, 3.8) is 0 Å². The van der Waals surface area contributed by atoms with Crippen LogP contribution in [0, 0.1) is 6.92 Å². The second-order valence-corrected chi connectivity index (χ2v) is 6.36. The number of benzene rings is 1. The molecule has 0 N–H and O–H groups in total. The molecule has 0 aliphatic carbocycles. The molecule has 1 saturated heterocycles. The standard InChI is InChI=1S/C17H19N7O/c1-12-8-13(5-6-15(12)24-11-18-20-21-24)17(25)23-7-3-4-16(23)14-9-19-22(2)10-14/h5-6,8-11,16H,3-4,7H2,1-2H3/t16-/m1/s1. The summed E-state index contributed by atoms with van der Waals surface area (Å²) in [6, 6.07) is 5.72. The Balaban J connectivity index is 1.61. The molecule has 0 bridgehead atoms. The van der Waals surface area contributed by atoms with E-state index < -0.39 is 0 Å². The molecule has 1 amide bonds. The highest BCUT2D eigenvalue weighted by Gasteiger charge is 2.31. The highest BCUT2D eigenvalue weighted by molar-refractivity contribution is 5.95. The van der Waals surface area contributed by atoms with E-state index in [1.54, 1.807) is 15.7 Å². The number of tetrazole rings is 1. The van der Waals surface area contributed by atoms with E-state index in [0.717, 1.165) is 36.2 Å². The predicted octanol–water partition coefficient (Wildman–Crippen LogP) is 1.68. The van der Waals surface area contributed by atoms with Gasteiger partial charge in [-0.3, -0.25) is 9.48 Å². The van der Waals surface area contributed by atoms with Crippen molar-refractivity contribution in [3.05, 3.63) is 53.6 Å². The second kappa shape index (κ2) is 6.12. The van der Waals surface area contributed by atoms with Gasteiger partial charge in [0.15, 0.2) is 0 Å². The summed E-state index contributed by atoms with van der Waals surface area (Å²) in [6.07, 6.45) is 7.36. The van der Waals surface area contributed by atoms with E-state index >= 15 is 0 Å². The third-order valence-electron chi connectivity index (χ3n) is 4.66. The van der Waals surface area contributed by atoms with Gasteiger partial charge in [0.25, 0.3) is 5.91 Å². The molecule has 1 aliphatic heterocycles. The first-order valence-corrected chi connectivity index (χ1v) is 8.27. The van der Waals surface area contributed by atoms with E-state index in [-0.39, 0.29) is 11.9 Å². The smallest absolute Gasteiger partial charge is 0.254 e. The van der Waals surface area contributed by atoms with Crippen LogP contribution in [-0.2, 0) is 7.05 Å². The summed E-state index contributed by atoms with van der Waals surface area (Å²) in [7, 11) is 1.89. The molecule has 1 aromatic carbocycles. The first-order chi connectivity index (χ1) is 12.1. The number of aryl methyl sites for hydroxylation is 2. The fourth-order valence-electron chi connectivity index (χ4n) is 3.45. The molecule has 0 unspecified atom stereocenters. The average Bonchev–Trinajstić information content (AvgIpc) is 3.35. The molecule has 1 fully saturated rings. The van der Waals surface area contributed by atoms with Crippen molar-refractivity contribution >= 4 is 5.91 Å². The molecule has 2 aromatic heterocycles. The van der Waals surface area contributed by atoms with Gasteiger partial charge in [-0.05, 0) is 54.0 Å². The molecule has 3 aromatic rings. The van der Waals surface area contributed by atoms with E-state index in [1.165, 1.54) is 0 Å². The van der Waals surface area contributed by atoms with Gasteiger partial charge in [-0.25, -0.2) is 4.68 Å². The maximum absolute atomic E-state index is 13.0. The normalized spacial score (nSPS) is 17.2. The molecule has 0 spiro atoms. The number of carbonyl (C=O) groups excluding carboxylic acids is 1. The van der Waals surface area contributed by atoms with E-state index in [0.29, 0.717) is 5.56 Å². The highest BCUT2D eigenvalue weighted by Crippen LogP contribution is 2.33. The molecule has 8 heteroatoms. The zero-order chi connectivity index (χ0) is 17.4. The zero-order valence-corrected chi connectivity index (χ0v) is 14.2. The quantitative estimate of drug-likeness (QED) is 0.726. The number of hydrogen-bond donors (Lipinski definition) is 0. The fraction of sp³-hybridized carbons (Fsp3) is 0.353. The van der Waals surface area contributed by atoms with Crippen LogP contribution in [0.5, 0.6) is 0 Å². The van der Waals surface area contributed by atoms with E-state index in [2.05, 4.69) is 20.6 Å². The lowest BCUT2D eigenvalue weighted by Crippen LogP contribution is -2.30. The van der Waals surface area contributed by atoms with Crippen LogP contribution in [0.25, 0.3) is 5.69 Å². The van der Waals surface area contributed by atoms with Crippen molar-refractivity contribution in [1.82, 2.24) is 34.9 Å². The molecule has 0 radical (unpaired) electrons. The van der Waals surface area contributed by atoms with Crippen LogP contribution in [0.15, 0.2) is 36.9 Å². The van der Waals surface area contributed by atoms with Crippen molar-refractivity contribution in [2.75, 3.05) is 6.54 Å². The molecule has 25 heavy (non-hydrogen) atoms. The Morgan fingerprint density at radius 1 is 1.32 bits per heavy atom. The Labute approximate surface area is 145 Å². The zero-order valence-electron chi connectivity index (χ0n) is 14.2. The molecular weight excluding hydrogens is 318 g/mol. The fourth-order valence-corrected chi connectivity index (χ4v) is 3.45. The molecular formula is C17H19N7O. The van der Waals surface area contributed by atoms with Gasteiger partial charge in [0, 0.05) is 30.9 Å². The highest BCUT2D eigenvalue weighted by atomic mass is 16.2. The largest absolute Gasteiger partial charge is 0.331 e. The van der Waals surface area contributed by atoms with Gasteiger partial charge in [-0.15, -0.1) is 5.10 Å². The van der Waals surface area contributed by atoms with Crippen molar-refractivity contribution in [3.8, 4) is 5.69 Å². The summed E-state index contributed by atoms with van der Waals surface area (Å²) in [5.74, 6) is 0.0534. The summed E-state index contributed by atoms with van der Waals surface area (Å²) in [5.41, 5.74) is 3.60. The minimum absolute atomic E-state index is 0.0534. The van der Waals surface area contributed by atoms with Crippen molar-refractivity contribution in [1.29, 1.82) is 0 Å². The van der Waals surface area contributed by atoms with Gasteiger partial charge < -0.3 is 4.90 Å². The number of likely N-dealkylation sites (tertiary alicyclic amines) is 1. The van der Waals surface area contributed by atoms with Crippen LogP contribution in [0.2, 0.25) is 0 Å². The first-order valence-electron chi connectivity index (χ1n) is 8.27. The number of amides is 1. The van der Waals surface area contributed by atoms with Gasteiger partial charge in [0.1, 0.15) is 6.33 Å². The topological polar surface area (TPSA) is 81.7 Å². The lowest BCUT2D eigenvalue weighted by Gasteiger charge is -2.24. The van der Waals surface area contributed by atoms with Crippen LogP contribution in [0.4, 0.5) is 0 Å². The number of aromatic nitrogens is 6. The summed E-state index contributed by atoms with van der Waals surface area (Å²) in [6.45, 7) is 2.72. The van der Waals surface area contributed by atoms with Gasteiger partial charge in [0.05, 0.1) is 17.9 Å². The van der Waals surface area contributed by atoms with Crippen LogP contribution >= 0.6 is 0 Å². The lowest BCUT2D eigenvalue weighted by atomic mass is 10.1. The first kappa shape index (κ1) is 15.5. The van der Waals surface area contributed by atoms with Gasteiger partial charge >= 0.3 is 0 Å². The maximum Gasteiger partial charge on any atom is 0.254 e. The number of hydrogen-bond acceptors (Lipinski definition) is 5. The maximum atomic E-state index is 13.0. The van der Waals surface area contributed by atoms with Crippen molar-refractivity contribution < 1.29 is 4.79 Å². The Hall–Kier alpha value is -3.03. The van der Waals surface area contributed by atoms with Crippen molar-refractivity contribution in [2.24, 2.45) is 7.05 Å². The van der Waals surface area contributed by atoms with Crippen LogP contribution in [0.1, 0.15) is 40.4 Å². The minimum Gasteiger partial charge on any atom is -0.331 e. The van der Waals surface area contributed by atoms with E-state index in [9.17, 15) is 4.79 Å². The second-order valence-electron chi connectivity index (χ2n) is 6.36. The predicted molar refractivity (Wildman–Crippen MR) is 90.1 cm³/mol. The third kappa shape index (κ3) is 2.79. The summed E-state index contributed by atoms with van der Waals surface area (Å²) in [4.78, 5) is 15.0. The molecule has 1 aliphatic rings. The Kier molecular flexibility index (Phi) is 3.79. The molecule has 3 heterocycles. The van der Waals surface area contributed by atoms with Crippen molar-refractivity contribution in [2.45, 2.75) is 25.8 Å². The lowest BCUT2D eigenvalue weighted by molar-refractivity contribution is 0.0735. The summed E-state index contributed by atoms with van der Waals surface area (Å²) < 4.78 is 3.37. The van der Waals surface area contributed by atoms with E-state index in [1.807, 2.05) is 49.5 Å². The van der Waals surface area contributed by atoms with Gasteiger partial charge in [-0.1, -0.05) is 0 Å². The van der Waals surface area contributed by atoms with Gasteiger partial charge in [-0.2, -0.15) is 5.10 Å². The van der Waals surface area contributed by atoms with Crippen LogP contribution in [-0.4, -0.2) is 47.3 Å². The summed E-state index contributed by atoms with van der Waals surface area (Å²) >= 11 is 0. The Morgan fingerprint density at radius 3 is 2.88 bits per heavy atom. The minimum atomic E-state index is 0.0534. The molecule has 0 saturated carbocycles. The number of nitrogens with zero attached hydrogens (tertiary/aromatic N) is 7. The summed E-state index contributed by atoms with van der Waals surface area (Å²) in [5, 5.41) is 15.5. The SMILES string of the molecule is Cc1cc(C(=O)N2CCC[C@@H]2c2cnn(C)c2)ccc1-n1cnnn1. The molecule has 1 atom stereocenters. The Bertz CT molecular complexity index is 900. The monoisotopic (exact) mass is 337 g/mol. The Morgan fingerprint density at radius 2 is 2.20 bits per heavy atom. The van der Waals surface area contributed by atoms with Gasteiger partial charge in [0.2, 0.25) is 0 Å². The third-order valence-corrected chi connectivity index (χ3v) is 4.66. The number of rotatable bonds is 3.